The number of anilines is 1. The molecule has 1 saturated heterocycles. The number of aromatic nitrogens is 1. The third kappa shape index (κ3) is 4.72. The zero-order valence-corrected chi connectivity index (χ0v) is 25.2. The van der Waals surface area contributed by atoms with Crippen molar-refractivity contribution < 1.29 is 24.3 Å². The maximum Gasteiger partial charge on any atom is 0.332 e. The van der Waals surface area contributed by atoms with Gasteiger partial charge >= 0.3 is 12.0 Å². The van der Waals surface area contributed by atoms with Crippen LogP contribution >= 0.6 is 0 Å². The van der Waals surface area contributed by atoms with E-state index in [-0.39, 0.29) is 17.2 Å². The Balaban J connectivity index is 1.43. The average molecular weight is 593 g/mol. The largest absolute Gasteiger partial charge is 0.480 e. The van der Waals surface area contributed by atoms with Gasteiger partial charge in [0.1, 0.15) is 18.1 Å². The predicted octanol–water partition coefficient (Wildman–Crippen LogP) is 6.00. The van der Waals surface area contributed by atoms with Gasteiger partial charge in [0.05, 0.1) is 11.3 Å². The highest BCUT2D eigenvalue weighted by molar-refractivity contribution is 6.24. The molecule has 6 rings (SSSR count). The van der Waals surface area contributed by atoms with Crippen LogP contribution in [0, 0.1) is 5.92 Å². The van der Waals surface area contributed by atoms with Gasteiger partial charge in [-0.15, -0.1) is 0 Å². The number of carboxylic acids is 1. The fourth-order valence-corrected chi connectivity index (χ4v) is 6.47. The highest BCUT2D eigenvalue weighted by atomic mass is 16.4. The Morgan fingerprint density at radius 2 is 1.66 bits per heavy atom. The smallest absolute Gasteiger partial charge is 0.332 e. The second-order valence-electron chi connectivity index (χ2n) is 12.1. The summed E-state index contributed by atoms with van der Waals surface area (Å²) in [6.07, 6.45) is 0.872. The molecular formula is C35H36N4O5. The normalized spacial score (nSPS) is 19.2. The number of carbonyl (C=O) groups excluding carboxylic acids is 3. The van der Waals surface area contributed by atoms with E-state index in [1.807, 2.05) is 43.3 Å². The topological polar surface area (TPSA) is 123 Å². The SMILES string of the molecule is CCC(C)C(NC(=O)c1ccccc1N1C(=O)C2Cc3c([nH]c4ccccc34)C(c3ccc(C(C)C)cc3)N2C1=O)C(=O)O. The van der Waals surface area contributed by atoms with Crippen molar-refractivity contribution in [2.75, 3.05) is 4.90 Å². The van der Waals surface area contributed by atoms with Crippen molar-refractivity contribution in [2.45, 2.75) is 64.6 Å². The maximum absolute atomic E-state index is 14.4. The highest BCUT2D eigenvalue weighted by Gasteiger charge is 2.53. The fraction of sp³-hybridized carbons (Fsp3) is 0.314. The molecule has 0 aliphatic carbocycles. The number of hydrogen-bond acceptors (Lipinski definition) is 4. The van der Waals surface area contributed by atoms with Crippen molar-refractivity contribution in [1.82, 2.24) is 15.2 Å². The van der Waals surface area contributed by atoms with Crippen molar-refractivity contribution in [3.8, 4) is 0 Å². The fourth-order valence-electron chi connectivity index (χ4n) is 6.47. The van der Waals surface area contributed by atoms with Gasteiger partial charge in [0, 0.05) is 23.0 Å². The van der Waals surface area contributed by atoms with E-state index in [9.17, 15) is 24.3 Å². The minimum Gasteiger partial charge on any atom is -0.480 e. The molecule has 9 heteroatoms. The molecule has 0 spiro atoms. The third-order valence-electron chi connectivity index (χ3n) is 9.12. The van der Waals surface area contributed by atoms with E-state index < -0.39 is 41.9 Å². The molecule has 2 aliphatic heterocycles. The zero-order chi connectivity index (χ0) is 31.3. The molecule has 1 aromatic heterocycles. The van der Waals surface area contributed by atoms with Crippen LogP contribution in [-0.2, 0) is 16.0 Å². The Kier molecular flexibility index (Phi) is 7.49. The summed E-state index contributed by atoms with van der Waals surface area (Å²) >= 11 is 0. The van der Waals surface area contributed by atoms with Crippen LogP contribution in [0.3, 0.4) is 0 Å². The van der Waals surface area contributed by atoms with Crippen molar-refractivity contribution in [3.63, 3.8) is 0 Å². The first-order valence-corrected chi connectivity index (χ1v) is 15.1. The lowest BCUT2D eigenvalue weighted by Crippen LogP contribution is -2.45. The molecule has 0 saturated carbocycles. The number of aromatic amines is 1. The Morgan fingerprint density at radius 3 is 2.34 bits per heavy atom. The van der Waals surface area contributed by atoms with Crippen molar-refractivity contribution >= 4 is 40.4 Å². The second kappa shape index (κ2) is 11.3. The van der Waals surface area contributed by atoms with Gasteiger partial charge in [0.25, 0.3) is 11.8 Å². The summed E-state index contributed by atoms with van der Waals surface area (Å²) in [5, 5.41) is 13.4. The first-order valence-electron chi connectivity index (χ1n) is 15.1. The van der Waals surface area contributed by atoms with Gasteiger partial charge in [-0.3, -0.25) is 14.5 Å². The van der Waals surface area contributed by atoms with Gasteiger partial charge in [-0.2, -0.15) is 0 Å². The molecule has 3 heterocycles. The van der Waals surface area contributed by atoms with Crippen molar-refractivity contribution in [1.29, 1.82) is 0 Å². The Hall–Kier alpha value is -4.92. The van der Waals surface area contributed by atoms with Gasteiger partial charge in [0.15, 0.2) is 0 Å². The molecule has 0 bridgehead atoms. The molecule has 4 aromatic rings. The standard InChI is InChI=1S/C35H36N4O5/c1-5-20(4)29(34(42)43)37-32(40)24-11-7-9-13-27(24)39-33(41)28-18-25-23-10-6-8-12-26(23)36-30(25)31(38(28)35(39)44)22-16-14-21(15-17-22)19(2)3/h6-17,19-20,28-29,31,36H,5,18H2,1-4H3,(H,37,40)(H,42,43). The van der Waals surface area contributed by atoms with E-state index in [2.05, 4.69) is 36.3 Å². The number of para-hydroxylation sites is 2. The Morgan fingerprint density at radius 1 is 0.977 bits per heavy atom. The van der Waals surface area contributed by atoms with Crippen LogP contribution in [0.25, 0.3) is 10.9 Å². The number of nitrogens with zero attached hydrogens (tertiary/aromatic N) is 2. The number of carboxylic acid groups (broad SMARTS) is 1. The van der Waals surface area contributed by atoms with E-state index in [0.717, 1.165) is 32.6 Å². The van der Waals surface area contributed by atoms with Crippen LogP contribution in [0.15, 0.2) is 72.8 Å². The van der Waals surface area contributed by atoms with Gasteiger partial charge in [-0.05, 0) is 46.7 Å². The molecule has 0 radical (unpaired) electrons. The number of benzene rings is 3. The van der Waals surface area contributed by atoms with Crippen molar-refractivity contribution in [2.24, 2.45) is 5.92 Å². The lowest BCUT2D eigenvalue weighted by molar-refractivity contribution is -0.140. The van der Waals surface area contributed by atoms with Crippen molar-refractivity contribution in [3.05, 3.63) is 101 Å². The molecule has 3 aromatic carbocycles. The monoisotopic (exact) mass is 592 g/mol. The van der Waals surface area contributed by atoms with Gasteiger partial charge in [-0.25, -0.2) is 14.5 Å². The molecule has 3 N–H and O–H groups in total. The van der Waals surface area contributed by atoms with E-state index in [0.29, 0.717) is 18.8 Å². The summed E-state index contributed by atoms with van der Waals surface area (Å²) in [4.78, 5) is 60.3. The van der Waals surface area contributed by atoms with Crippen LogP contribution < -0.4 is 10.2 Å². The van der Waals surface area contributed by atoms with Crippen LogP contribution in [0.1, 0.15) is 78.8 Å². The number of carbonyl (C=O) groups is 4. The van der Waals surface area contributed by atoms with Gasteiger partial charge < -0.3 is 15.4 Å². The zero-order valence-electron chi connectivity index (χ0n) is 25.2. The number of hydrogen-bond donors (Lipinski definition) is 3. The molecule has 9 nitrogen and oxygen atoms in total. The summed E-state index contributed by atoms with van der Waals surface area (Å²) < 4.78 is 0. The van der Waals surface area contributed by atoms with E-state index in [1.54, 1.807) is 30.0 Å². The Labute approximate surface area is 255 Å². The number of nitrogens with one attached hydrogen (secondary N) is 2. The number of rotatable bonds is 8. The molecule has 4 atom stereocenters. The Bertz CT molecular complexity index is 1780. The number of fused-ring (bicyclic) bond motifs is 4. The van der Waals surface area contributed by atoms with E-state index >= 15 is 0 Å². The maximum atomic E-state index is 14.4. The molecule has 2 aliphatic rings. The number of imide groups is 1. The molecule has 4 amide bonds. The highest BCUT2D eigenvalue weighted by Crippen LogP contribution is 2.45. The number of H-pyrrole nitrogens is 1. The van der Waals surface area contributed by atoms with Gasteiger partial charge in [-0.1, -0.05) is 88.7 Å². The third-order valence-corrected chi connectivity index (χ3v) is 9.12. The number of aliphatic carboxylic acids is 1. The van der Waals surface area contributed by atoms with Crippen LogP contribution in [0.2, 0.25) is 0 Å². The van der Waals surface area contributed by atoms with Crippen LogP contribution in [0.5, 0.6) is 0 Å². The molecule has 44 heavy (non-hydrogen) atoms. The lowest BCUT2D eigenvalue weighted by atomic mass is 9.88. The minimum absolute atomic E-state index is 0.0606. The van der Waals surface area contributed by atoms with E-state index in [4.69, 9.17) is 0 Å². The van der Waals surface area contributed by atoms with E-state index in [1.165, 1.54) is 11.6 Å². The summed E-state index contributed by atoms with van der Waals surface area (Å²) in [5.74, 6) is -2.21. The van der Waals surface area contributed by atoms with Gasteiger partial charge in [0.2, 0.25) is 0 Å². The number of urea groups is 1. The lowest BCUT2D eigenvalue weighted by Gasteiger charge is -2.36. The van der Waals surface area contributed by atoms with Crippen LogP contribution in [-0.4, -0.2) is 50.9 Å². The van der Waals surface area contributed by atoms with Crippen LogP contribution in [0.4, 0.5) is 10.5 Å². The number of amides is 4. The molecule has 4 unspecified atom stereocenters. The quantitative estimate of drug-likeness (QED) is 0.217. The summed E-state index contributed by atoms with van der Waals surface area (Å²) in [7, 11) is 0. The first-order chi connectivity index (χ1) is 21.1. The predicted molar refractivity (Wildman–Crippen MR) is 168 cm³/mol. The molecule has 1 fully saturated rings. The average Bonchev–Trinajstić information content (AvgIpc) is 3.52. The summed E-state index contributed by atoms with van der Waals surface area (Å²) in [5.41, 5.74) is 5.03. The molecular weight excluding hydrogens is 556 g/mol. The summed E-state index contributed by atoms with van der Waals surface area (Å²) in [6.45, 7) is 7.85. The first kappa shape index (κ1) is 29.2. The summed E-state index contributed by atoms with van der Waals surface area (Å²) in [6, 6.07) is 19.4. The minimum atomic E-state index is -1.14. The molecule has 226 valence electrons. The second-order valence-corrected chi connectivity index (χ2v) is 12.1.